The van der Waals surface area contributed by atoms with E-state index in [9.17, 15) is 8.42 Å². The summed E-state index contributed by atoms with van der Waals surface area (Å²) >= 11 is 0. The highest BCUT2D eigenvalue weighted by atomic mass is 127. The Balaban J connectivity index is 0.00000338. The number of sulfone groups is 1. The normalized spacial score (nSPS) is 19.2. The molecular weight excluding hydrogens is 463 g/mol. The van der Waals surface area contributed by atoms with Gasteiger partial charge < -0.3 is 15.1 Å². The second-order valence-electron chi connectivity index (χ2n) is 7.46. The molecule has 1 heterocycles. The van der Waals surface area contributed by atoms with E-state index in [1.807, 2.05) is 4.90 Å². The standard InChI is InChI=1S/C18H30N4O2S.HI/c1-18(2)14-22(10-11-25(18,23)24)17(19-3)20-12-15-6-8-16(9-7-15)13-21(4)5;/h6-9H,10-14H2,1-5H3,(H,19,20);1H. The van der Waals surface area contributed by atoms with Gasteiger partial charge in [-0.05, 0) is 39.1 Å². The first-order chi connectivity index (χ1) is 11.6. The molecular formula is C18H31IN4O2S. The highest BCUT2D eigenvalue weighted by Crippen LogP contribution is 2.23. The van der Waals surface area contributed by atoms with Crippen LogP contribution < -0.4 is 5.32 Å². The molecule has 0 saturated carbocycles. The molecule has 6 nitrogen and oxygen atoms in total. The number of rotatable bonds is 4. The second kappa shape index (κ2) is 9.36. The van der Waals surface area contributed by atoms with Crippen molar-refractivity contribution in [3.05, 3.63) is 35.4 Å². The minimum absolute atomic E-state index is 0. The Morgan fingerprint density at radius 2 is 1.81 bits per heavy atom. The topological polar surface area (TPSA) is 65.0 Å². The monoisotopic (exact) mass is 494 g/mol. The van der Waals surface area contributed by atoms with Crippen molar-refractivity contribution in [3.8, 4) is 0 Å². The molecule has 1 aliphatic heterocycles. The number of aliphatic imine (C=N–C) groups is 1. The van der Waals surface area contributed by atoms with Crippen LogP contribution in [0, 0.1) is 0 Å². The largest absolute Gasteiger partial charge is 0.352 e. The van der Waals surface area contributed by atoms with Crippen LogP contribution in [0.15, 0.2) is 29.3 Å². The van der Waals surface area contributed by atoms with Crippen molar-refractivity contribution in [1.29, 1.82) is 0 Å². The lowest BCUT2D eigenvalue weighted by Gasteiger charge is -2.39. The van der Waals surface area contributed by atoms with E-state index < -0.39 is 14.6 Å². The van der Waals surface area contributed by atoms with Crippen LogP contribution in [0.4, 0.5) is 0 Å². The van der Waals surface area contributed by atoms with Crippen molar-refractivity contribution in [2.45, 2.75) is 31.7 Å². The average molecular weight is 494 g/mol. The molecule has 0 amide bonds. The summed E-state index contributed by atoms with van der Waals surface area (Å²) in [7, 11) is 2.80. The lowest BCUT2D eigenvalue weighted by molar-refractivity contribution is 0.353. The lowest BCUT2D eigenvalue weighted by Crippen LogP contribution is -2.57. The van der Waals surface area contributed by atoms with Crippen molar-refractivity contribution < 1.29 is 8.42 Å². The molecule has 148 valence electrons. The molecule has 1 fully saturated rings. The fourth-order valence-corrected chi connectivity index (χ4v) is 4.33. The summed E-state index contributed by atoms with van der Waals surface area (Å²) < 4.78 is 23.6. The van der Waals surface area contributed by atoms with Gasteiger partial charge in [-0.3, -0.25) is 4.99 Å². The van der Waals surface area contributed by atoms with Crippen molar-refractivity contribution in [2.75, 3.05) is 40.0 Å². The van der Waals surface area contributed by atoms with Gasteiger partial charge in [0.05, 0.1) is 10.5 Å². The van der Waals surface area contributed by atoms with Gasteiger partial charge in [-0.15, -0.1) is 24.0 Å². The molecule has 26 heavy (non-hydrogen) atoms. The molecule has 1 aliphatic rings. The van der Waals surface area contributed by atoms with Crippen molar-refractivity contribution in [3.63, 3.8) is 0 Å². The van der Waals surface area contributed by atoms with Gasteiger partial charge in [0.1, 0.15) is 0 Å². The van der Waals surface area contributed by atoms with Crippen LogP contribution >= 0.6 is 24.0 Å². The molecule has 0 aliphatic carbocycles. The van der Waals surface area contributed by atoms with E-state index in [1.54, 1.807) is 20.9 Å². The first-order valence-electron chi connectivity index (χ1n) is 8.55. The first-order valence-corrected chi connectivity index (χ1v) is 10.2. The predicted molar refractivity (Wildman–Crippen MR) is 119 cm³/mol. The van der Waals surface area contributed by atoms with Gasteiger partial charge in [0.15, 0.2) is 15.8 Å². The summed E-state index contributed by atoms with van der Waals surface area (Å²) in [5.41, 5.74) is 2.45. The summed E-state index contributed by atoms with van der Waals surface area (Å²) in [6.45, 7) is 6.09. The van der Waals surface area contributed by atoms with Gasteiger partial charge in [0, 0.05) is 33.2 Å². The summed E-state index contributed by atoms with van der Waals surface area (Å²) in [4.78, 5) is 8.50. The SMILES string of the molecule is CN=C(NCc1ccc(CN(C)C)cc1)N1CCS(=O)(=O)C(C)(C)C1.I. The molecule has 0 unspecified atom stereocenters. The Bertz CT molecular complexity index is 715. The molecule has 0 spiro atoms. The maximum absolute atomic E-state index is 12.2. The summed E-state index contributed by atoms with van der Waals surface area (Å²) in [6, 6.07) is 8.50. The maximum atomic E-state index is 12.2. The van der Waals surface area contributed by atoms with Crippen molar-refractivity contribution in [2.24, 2.45) is 4.99 Å². The minimum atomic E-state index is -3.05. The molecule has 2 rings (SSSR count). The van der Waals surface area contributed by atoms with Crippen LogP contribution in [0.2, 0.25) is 0 Å². The number of hydrogen-bond donors (Lipinski definition) is 1. The smallest absolute Gasteiger partial charge is 0.193 e. The number of nitrogens with one attached hydrogen (secondary N) is 1. The number of guanidine groups is 1. The zero-order chi connectivity index (χ0) is 18.7. The lowest BCUT2D eigenvalue weighted by atomic mass is 10.1. The summed E-state index contributed by atoms with van der Waals surface area (Å²) in [5, 5.41) is 3.35. The van der Waals surface area contributed by atoms with Crippen molar-refractivity contribution in [1.82, 2.24) is 15.1 Å². The average Bonchev–Trinajstić information content (AvgIpc) is 2.52. The predicted octanol–water partition coefficient (Wildman–Crippen LogP) is 1.95. The van der Waals surface area contributed by atoms with E-state index in [0.717, 1.165) is 12.5 Å². The third kappa shape index (κ3) is 5.82. The van der Waals surface area contributed by atoms with Gasteiger partial charge in [-0.2, -0.15) is 0 Å². The van der Waals surface area contributed by atoms with E-state index in [4.69, 9.17) is 0 Å². The number of benzene rings is 1. The molecule has 1 aromatic rings. The van der Waals surface area contributed by atoms with Crippen LogP contribution in [0.3, 0.4) is 0 Å². The summed E-state index contributed by atoms with van der Waals surface area (Å²) in [6.07, 6.45) is 0. The first kappa shape index (κ1) is 23.2. The minimum Gasteiger partial charge on any atom is -0.352 e. The van der Waals surface area contributed by atoms with E-state index in [1.165, 1.54) is 11.1 Å². The molecule has 0 aromatic heterocycles. The molecule has 1 aromatic carbocycles. The van der Waals surface area contributed by atoms with E-state index in [0.29, 0.717) is 19.6 Å². The van der Waals surface area contributed by atoms with Gasteiger partial charge >= 0.3 is 0 Å². The fourth-order valence-electron chi connectivity index (χ4n) is 2.97. The molecule has 8 heteroatoms. The zero-order valence-corrected chi connectivity index (χ0v) is 19.5. The van der Waals surface area contributed by atoms with Gasteiger partial charge in [0.2, 0.25) is 0 Å². The van der Waals surface area contributed by atoms with E-state index in [-0.39, 0.29) is 29.7 Å². The highest BCUT2D eigenvalue weighted by molar-refractivity contribution is 14.0. The molecule has 0 bridgehead atoms. The highest BCUT2D eigenvalue weighted by Gasteiger charge is 2.40. The Kier molecular flexibility index (Phi) is 8.34. The molecule has 1 saturated heterocycles. The maximum Gasteiger partial charge on any atom is 0.193 e. The van der Waals surface area contributed by atoms with Crippen LogP contribution in [-0.4, -0.2) is 68.9 Å². The van der Waals surface area contributed by atoms with E-state index >= 15 is 0 Å². The number of hydrogen-bond acceptors (Lipinski definition) is 4. The number of nitrogens with zero attached hydrogens (tertiary/aromatic N) is 3. The van der Waals surface area contributed by atoms with Gasteiger partial charge in [-0.1, -0.05) is 24.3 Å². The second-order valence-corrected chi connectivity index (χ2v) is 10.2. The Labute approximate surface area is 175 Å². The van der Waals surface area contributed by atoms with Crippen LogP contribution in [0.1, 0.15) is 25.0 Å². The van der Waals surface area contributed by atoms with Gasteiger partial charge in [0.25, 0.3) is 0 Å². The third-order valence-corrected chi connectivity index (χ3v) is 7.06. The third-order valence-electron chi connectivity index (χ3n) is 4.53. The molecule has 0 atom stereocenters. The Morgan fingerprint density at radius 3 is 2.31 bits per heavy atom. The Morgan fingerprint density at radius 1 is 1.23 bits per heavy atom. The quantitative estimate of drug-likeness (QED) is 0.394. The van der Waals surface area contributed by atoms with Gasteiger partial charge in [-0.25, -0.2) is 8.42 Å². The fraction of sp³-hybridized carbons (Fsp3) is 0.611. The van der Waals surface area contributed by atoms with Crippen LogP contribution in [0.25, 0.3) is 0 Å². The molecule has 0 radical (unpaired) electrons. The molecule has 1 N–H and O–H groups in total. The Hall–Kier alpha value is -0.870. The zero-order valence-electron chi connectivity index (χ0n) is 16.3. The van der Waals surface area contributed by atoms with Crippen molar-refractivity contribution >= 4 is 39.8 Å². The summed E-state index contributed by atoms with van der Waals surface area (Å²) in [5.74, 6) is 0.917. The van der Waals surface area contributed by atoms with E-state index in [2.05, 4.69) is 53.6 Å². The van der Waals surface area contributed by atoms with Crippen LogP contribution in [0.5, 0.6) is 0 Å². The number of halogens is 1. The van der Waals surface area contributed by atoms with Crippen LogP contribution in [-0.2, 0) is 22.9 Å².